The number of aliphatic hydroxyl groups excluding tert-OH is 1. The second-order valence-electron chi connectivity index (χ2n) is 3.22. The van der Waals surface area contributed by atoms with Gasteiger partial charge in [-0.15, -0.1) is 0 Å². The second kappa shape index (κ2) is 4.87. The molecule has 0 aliphatic rings. The summed E-state index contributed by atoms with van der Waals surface area (Å²) in [5, 5.41) is 9.27. The fourth-order valence-corrected chi connectivity index (χ4v) is 1.37. The topological polar surface area (TPSA) is 23.5 Å². The zero-order valence-corrected chi connectivity index (χ0v) is 8.27. The Kier molecular flexibility index (Phi) is 3.77. The summed E-state index contributed by atoms with van der Waals surface area (Å²) in [6, 6.07) is 10.2. The van der Waals surface area contributed by atoms with E-state index in [1.165, 1.54) is 5.69 Å². The van der Waals surface area contributed by atoms with Crippen LogP contribution in [-0.4, -0.2) is 24.3 Å². The number of hydrogen-bond donors (Lipinski definition) is 1. The number of para-hydroxylation sites is 1. The Labute approximate surface area is 79.8 Å². The Morgan fingerprint density at radius 2 is 1.92 bits per heavy atom. The van der Waals surface area contributed by atoms with Crippen molar-refractivity contribution in [3.8, 4) is 0 Å². The second-order valence-corrected chi connectivity index (χ2v) is 3.22. The molecular formula is C11H17NO. The predicted molar refractivity (Wildman–Crippen MR) is 56.0 cm³/mol. The van der Waals surface area contributed by atoms with Gasteiger partial charge in [-0.2, -0.15) is 0 Å². The fraction of sp³-hybridized carbons (Fsp3) is 0.455. The highest BCUT2D eigenvalue weighted by Gasteiger charge is 2.05. The van der Waals surface area contributed by atoms with E-state index >= 15 is 0 Å². The molecule has 0 aliphatic heterocycles. The van der Waals surface area contributed by atoms with Gasteiger partial charge in [0.25, 0.3) is 0 Å². The van der Waals surface area contributed by atoms with Gasteiger partial charge in [-0.3, -0.25) is 0 Å². The van der Waals surface area contributed by atoms with Crippen LogP contribution in [-0.2, 0) is 0 Å². The summed E-state index contributed by atoms with van der Waals surface area (Å²) >= 11 is 0. The lowest BCUT2D eigenvalue weighted by molar-refractivity contribution is 0.200. The molecule has 0 saturated carbocycles. The molecule has 0 aromatic heterocycles. The van der Waals surface area contributed by atoms with E-state index < -0.39 is 0 Å². The minimum atomic E-state index is -0.278. The van der Waals surface area contributed by atoms with Crippen molar-refractivity contribution < 1.29 is 5.11 Å². The molecule has 0 spiro atoms. The van der Waals surface area contributed by atoms with Crippen LogP contribution >= 0.6 is 0 Å². The maximum absolute atomic E-state index is 9.27. The largest absolute Gasteiger partial charge is 0.392 e. The smallest absolute Gasteiger partial charge is 0.0687 e. The van der Waals surface area contributed by atoms with E-state index in [0.29, 0.717) is 6.54 Å². The molecule has 0 radical (unpaired) electrons. The first-order valence-electron chi connectivity index (χ1n) is 4.72. The van der Waals surface area contributed by atoms with Crippen LogP contribution in [0.2, 0.25) is 0 Å². The van der Waals surface area contributed by atoms with Gasteiger partial charge >= 0.3 is 0 Å². The highest BCUT2D eigenvalue weighted by Crippen LogP contribution is 2.12. The van der Waals surface area contributed by atoms with Gasteiger partial charge in [0.2, 0.25) is 0 Å². The first-order chi connectivity index (χ1) is 6.24. The Balaban J connectivity index is 2.67. The maximum Gasteiger partial charge on any atom is 0.0687 e. The number of likely N-dealkylation sites (N-methyl/N-ethyl adjacent to an activating group) is 1. The monoisotopic (exact) mass is 179 g/mol. The molecule has 0 unspecified atom stereocenters. The summed E-state index contributed by atoms with van der Waals surface area (Å²) in [5.74, 6) is 0. The molecule has 1 rings (SSSR count). The normalized spacial score (nSPS) is 12.5. The van der Waals surface area contributed by atoms with Crippen LogP contribution in [0.4, 0.5) is 5.69 Å². The Morgan fingerprint density at radius 1 is 1.31 bits per heavy atom. The number of nitrogens with zero attached hydrogens (tertiary/aromatic N) is 1. The lowest BCUT2D eigenvalue weighted by Gasteiger charge is -2.24. The van der Waals surface area contributed by atoms with Crippen LogP contribution in [0.3, 0.4) is 0 Å². The van der Waals surface area contributed by atoms with E-state index in [1.54, 1.807) is 0 Å². The summed E-state index contributed by atoms with van der Waals surface area (Å²) in [4.78, 5) is 2.16. The third-order valence-corrected chi connectivity index (χ3v) is 1.99. The molecule has 0 fully saturated rings. The summed E-state index contributed by atoms with van der Waals surface area (Å²) in [7, 11) is 0. The number of hydrogen-bond acceptors (Lipinski definition) is 2. The van der Waals surface area contributed by atoms with Crippen LogP contribution in [0.25, 0.3) is 0 Å². The number of anilines is 1. The van der Waals surface area contributed by atoms with Crippen molar-refractivity contribution in [3.63, 3.8) is 0 Å². The van der Waals surface area contributed by atoms with Gasteiger partial charge in [0.05, 0.1) is 6.10 Å². The van der Waals surface area contributed by atoms with Gasteiger partial charge in [0, 0.05) is 18.8 Å². The van der Waals surface area contributed by atoms with E-state index in [4.69, 9.17) is 0 Å². The van der Waals surface area contributed by atoms with Crippen LogP contribution in [0.5, 0.6) is 0 Å². The van der Waals surface area contributed by atoms with E-state index in [0.717, 1.165) is 6.54 Å². The molecule has 0 amide bonds. The molecular weight excluding hydrogens is 162 g/mol. The Hall–Kier alpha value is -1.02. The van der Waals surface area contributed by atoms with Gasteiger partial charge in [-0.1, -0.05) is 18.2 Å². The molecule has 0 heterocycles. The third-order valence-electron chi connectivity index (χ3n) is 1.99. The lowest BCUT2D eigenvalue weighted by atomic mass is 10.2. The van der Waals surface area contributed by atoms with Gasteiger partial charge in [0.15, 0.2) is 0 Å². The average Bonchev–Trinajstić information content (AvgIpc) is 2.15. The van der Waals surface area contributed by atoms with Crippen molar-refractivity contribution in [2.75, 3.05) is 18.0 Å². The summed E-state index contributed by atoms with van der Waals surface area (Å²) in [5.41, 5.74) is 1.17. The van der Waals surface area contributed by atoms with Gasteiger partial charge in [-0.05, 0) is 26.0 Å². The zero-order chi connectivity index (χ0) is 9.68. The highest BCUT2D eigenvalue weighted by atomic mass is 16.3. The first kappa shape index (κ1) is 10.1. The van der Waals surface area contributed by atoms with E-state index in [2.05, 4.69) is 24.0 Å². The number of rotatable bonds is 4. The summed E-state index contributed by atoms with van der Waals surface area (Å²) in [6.45, 7) is 5.52. The van der Waals surface area contributed by atoms with Gasteiger partial charge in [-0.25, -0.2) is 0 Å². The van der Waals surface area contributed by atoms with E-state index in [9.17, 15) is 5.11 Å². The molecule has 2 heteroatoms. The standard InChI is InChI=1S/C11H17NO/c1-3-12(9-10(2)13)11-7-5-4-6-8-11/h4-8,10,13H,3,9H2,1-2H3/t10-/m1/s1. The van der Waals surface area contributed by atoms with Crippen molar-refractivity contribution in [1.29, 1.82) is 0 Å². The minimum Gasteiger partial charge on any atom is -0.392 e. The molecule has 0 bridgehead atoms. The van der Waals surface area contributed by atoms with Gasteiger partial charge < -0.3 is 10.0 Å². The molecule has 1 atom stereocenters. The molecule has 13 heavy (non-hydrogen) atoms. The molecule has 2 nitrogen and oxygen atoms in total. The SMILES string of the molecule is CCN(C[C@@H](C)O)c1ccccc1. The van der Waals surface area contributed by atoms with Crippen molar-refractivity contribution in [3.05, 3.63) is 30.3 Å². The quantitative estimate of drug-likeness (QED) is 0.763. The third kappa shape index (κ3) is 3.07. The minimum absolute atomic E-state index is 0.278. The van der Waals surface area contributed by atoms with E-state index in [1.807, 2.05) is 25.1 Å². The predicted octanol–water partition coefficient (Wildman–Crippen LogP) is 1.89. The fourth-order valence-electron chi connectivity index (χ4n) is 1.37. The van der Waals surface area contributed by atoms with Crippen LogP contribution in [0.15, 0.2) is 30.3 Å². The summed E-state index contributed by atoms with van der Waals surface area (Å²) in [6.07, 6.45) is -0.278. The first-order valence-corrected chi connectivity index (χ1v) is 4.72. The van der Waals surface area contributed by atoms with Crippen LogP contribution in [0, 0.1) is 0 Å². The molecule has 0 aliphatic carbocycles. The molecule has 72 valence electrons. The number of aliphatic hydroxyl groups is 1. The van der Waals surface area contributed by atoms with Crippen LogP contribution in [0.1, 0.15) is 13.8 Å². The maximum atomic E-state index is 9.27. The van der Waals surface area contributed by atoms with Crippen molar-refractivity contribution in [2.24, 2.45) is 0 Å². The highest BCUT2D eigenvalue weighted by molar-refractivity contribution is 5.45. The van der Waals surface area contributed by atoms with Crippen molar-refractivity contribution in [2.45, 2.75) is 20.0 Å². The number of benzene rings is 1. The van der Waals surface area contributed by atoms with E-state index in [-0.39, 0.29) is 6.10 Å². The zero-order valence-electron chi connectivity index (χ0n) is 8.27. The lowest BCUT2D eigenvalue weighted by Crippen LogP contribution is -2.30. The van der Waals surface area contributed by atoms with Crippen molar-refractivity contribution >= 4 is 5.69 Å². The molecule has 1 aromatic rings. The van der Waals surface area contributed by atoms with Crippen LogP contribution < -0.4 is 4.90 Å². The molecule has 1 N–H and O–H groups in total. The average molecular weight is 179 g/mol. The molecule has 1 aromatic carbocycles. The molecule has 0 saturated heterocycles. The van der Waals surface area contributed by atoms with Gasteiger partial charge in [0.1, 0.15) is 0 Å². The van der Waals surface area contributed by atoms with Crippen molar-refractivity contribution in [1.82, 2.24) is 0 Å². The summed E-state index contributed by atoms with van der Waals surface area (Å²) < 4.78 is 0. The Bertz CT molecular complexity index is 233. The Morgan fingerprint density at radius 3 is 2.38 bits per heavy atom.